The Hall–Kier alpha value is -1.38. The minimum absolute atomic E-state index is 0.318. The van der Waals surface area contributed by atoms with Gasteiger partial charge in [0.25, 0.3) is 0 Å². The maximum Gasteiger partial charge on any atom is 0.153 e. The first kappa shape index (κ1) is 7.28. The van der Waals surface area contributed by atoms with Crippen molar-refractivity contribution in [2.24, 2.45) is 0 Å². The van der Waals surface area contributed by atoms with Crippen molar-refractivity contribution < 1.29 is 4.79 Å². The fourth-order valence-electron chi connectivity index (χ4n) is 1.39. The SMILES string of the molecule is O=C1CCN(c2cccnc2)C1. The summed E-state index contributed by atoms with van der Waals surface area (Å²) in [5.74, 6) is 0.318. The summed E-state index contributed by atoms with van der Waals surface area (Å²) in [7, 11) is 0. The first-order valence-electron chi connectivity index (χ1n) is 4.03. The highest BCUT2D eigenvalue weighted by Crippen LogP contribution is 2.15. The summed E-state index contributed by atoms with van der Waals surface area (Å²) in [5.41, 5.74) is 1.04. The lowest BCUT2D eigenvalue weighted by Crippen LogP contribution is -2.19. The van der Waals surface area contributed by atoms with Crippen LogP contribution < -0.4 is 4.90 Å². The number of carbonyl (C=O) groups is 1. The molecule has 1 fully saturated rings. The minimum atomic E-state index is 0.318. The molecule has 1 saturated heterocycles. The van der Waals surface area contributed by atoms with Crippen molar-refractivity contribution in [3.8, 4) is 0 Å². The molecule has 0 atom stereocenters. The van der Waals surface area contributed by atoms with E-state index in [-0.39, 0.29) is 0 Å². The Kier molecular flexibility index (Phi) is 1.78. The van der Waals surface area contributed by atoms with Gasteiger partial charge >= 0.3 is 0 Å². The molecule has 0 aliphatic carbocycles. The largest absolute Gasteiger partial charge is 0.363 e. The van der Waals surface area contributed by atoms with Gasteiger partial charge in [0.05, 0.1) is 18.4 Å². The lowest BCUT2D eigenvalue weighted by molar-refractivity contribution is -0.116. The summed E-state index contributed by atoms with van der Waals surface area (Å²) < 4.78 is 0. The number of nitrogens with zero attached hydrogens (tertiary/aromatic N) is 2. The zero-order valence-corrected chi connectivity index (χ0v) is 6.73. The van der Waals surface area contributed by atoms with Crippen molar-refractivity contribution in [2.75, 3.05) is 18.0 Å². The maximum absolute atomic E-state index is 11.0. The van der Waals surface area contributed by atoms with Crippen LogP contribution in [0, 0.1) is 0 Å². The number of hydrogen-bond donors (Lipinski definition) is 0. The van der Waals surface area contributed by atoms with E-state index >= 15 is 0 Å². The van der Waals surface area contributed by atoms with Crippen LogP contribution in [0.5, 0.6) is 0 Å². The molecule has 3 heteroatoms. The minimum Gasteiger partial charge on any atom is -0.363 e. The molecule has 0 bridgehead atoms. The monoisotopic (exact) mass is 162 g/mol. The molecule has 0 unspecified atom stereocenters. The van der Waals surface area contributed by atoms with Crippen LogP contribution in [-0.2, 0) is 4.79 Å². The molecule has 0 aromatic carbocycles. The summed E-state index contributed by atoms with van der Waals surface area (Å²) in [6.07, 6.45) is 4.20. The first-order chi connectivity index (χ1) is 5.86. The molecule has 62 valence electrons. The number of pyridine rings is 1. The van der Waals surface area contributed by atoms with Crippen LogP contribution in [0.2, 0.25) is 0 Å². The molecule has 1 aromatic heterocycles. The van der Waals surface area contributed by atoms with Crippen molar-refractivity contribution in [1.82, 2.24) is 4.98 Å². The van der Waals surface area contributed by atoms with Crippen LogP contribution in [0.15, 0.2) is 24.5 Å². The van der Waals surface area contributed by atoms with E-state index in [1.54, 1.807) is 12.4 Å². The third kappa shape index (κ3) is 1.30. The predicted octanol–water partition coefficient (Wildman–Crippen LogP) is 0.861. The van der Waals surface area contributed by atoms with Crippen LogP contribution in [0.25, 0.3) is 0 Å². The zero-order valence-electron chi connectivity index (χ0n) is 6.73. The Bertz CT molecular complexity index is 284. The van der Waals surface area contributed by atoms with Crippen LogP contribution in [-0.4, -0.2) is 23.9 Å². The fourth-order valence-corrected chi connectivity index (χ4v) is 1.39. The number of anilines is 1. The quantitative estimate of drug-likeness (QED) is 0.614. The van der Waals surface area contributed by atoms with Crippen molar-refractivity contribution in [1.29, 1.82) is 0 Å². The first-order valence-corrected chi connectivity index (χ1v) is 4.03. The Balaban J connectivity index is 2.16. The van der Waals surface area contributed by atoms with Gasteiger partial charge in [-0.2, -0.15) is 0 Å². The van der Waals surface area contributed by atoms with E-state index in [1.165, 1.54) is 0 Å². The van der Waals surface area contributed by atoms with E-state index in [2.05, 4.69) is 9.88 Å². The van der Waals surface area contributed by atoms with Crippen LogP contribution in [0.4, 0.5) is 5.69 Å². The van der Waals surface area contributed by atoms with Gasteiger partial charge in [0, 0.05) is 19.2 Å². The summed E-state index contributed by atoms with van der Waals surface area (Å²) in [6, 6.07) is 3.86. The zero-order chi connectivity index (χ0) is 8.39. The van der Waals surface area contributed by atoms with Crippen molar-refractivity contribution in [3.63, 3.8) is 0 Å². The van der Waals surface area contributed by atoms with Crippen molar-refractivity contribution in [2.45, 2.75) is 6.42 Å². The summed E-state index contributed by atoms with van der Waals surface area (Å²) in [6.45, 7) is 1.39. The second-order valence-electron chi connectivity index (χ2n) is 2.92. The number of ketones is 1. The van der Waals surface area contributed by atoms with Gasteiger partial charge in [-0.1, -0.05) is 0 Å². The lowest BCUT2D eigenvalue weighted by Gasteiger charge is -2.14. The van der Waals surface area contributed by atoms with Gasteiger partial charge < -0.3 is 4.90 Å². The van der Waals surface area contributed by atoms with Crippen molar-refractivity contribution in [3.05, 3.63) is 24.5 Å². The summed E-state index contributed by atoms with van der Waals surface area (Å²) in [5, 5.41) is 0. The van der Waals surface area contributed by atoms with Gasteiger partial charge in [-0.3, -0.25) is 9.78 Å². The molecule has 12 heavy (non-hydrogen) atoms. The topological polar surface area (TPSA) is 33.2 Å². The van der Waals surface area contributed by atoms with Gasteiger partial charge in [-0.15, -0.1) is 0 Å². The lowest BCUT2D eigenvalue weighted by atomic mass is 10.4. The molecular weight excluding hydrogens is 152 g/mol. The molecular formula is C9H10N2O. The van der Waals surface area contributed by atoms with Crippen LogP contribution in [0.1, 0.15) is 6.42 Å². The Morgan fingerprint density at radius 3 is 3.00 bits per heavy atom. The molecule has 0 N–H and O–H groups in total. The van der Waals surface area contributed by atoms with Gasteiger partial charge in [-0.25, -0.2) is 0 Å². The van der Waals surface area contributed by atoms with Gasteiger partial charge in [0.2, 0.25) is 0 Å². The molecule has 1 aromatic rings. The highest BCUT2D eigenvalue weighted by molar-refractivity contribution is 5.87. The van der Waals surface area contributed by atoms with Crippen molar-refractivity contribution >= 4 is 11.5 Å². The molecule has 2 heterocycles. The molecule has 0 spiro atoms. The molecule has 2 rings (SSSR count). The van der Waals surface area contributed by atoms with Gasteiger partial charge in [0.1, 0.15) is 0 Å². The average molecular weight is 162 g/mol. The van der Waals surface area contributed by atoms with Crippen LogP contribution >= 0.6 is 0 Å². The Morgan fingerprint density at radius 1 is 1.50 bits per heavy atom. The van der Waals surface area contributed by atoms with E-state index in [4.69, 9.17) is 0 Å². The maximum atomic E-state index is 11.0. The number of rotatable bonds is 1. The second-order valence-corrected chi connectivity index (χ2v) is 2.92. The van der Waals surface area contributed by atoms with E-state index < -0.39 is 0 Å². The van der Waals surface area contributed by atoms with E-state index in [0.717, 1.165) is 12.2 Å². The molecule has 0 amide bonds. The third-order valence-corrected chi connectivity index (χ3v) is 2.04. The number of Topliss-reactive ketones (excluding diaryl/α,β-unsaturated/α-hetero) is 1. The highest BCUT2D eigenvalue weighted by Gasteiger charge is 2.18. The fraction of sp³-hybridized carbons (Fsp3) is 0.333. The summed E-state index contributed by atoms with van der Waals surface area (Å²) in [4.78, 5) is 17.0. The molecule has 1 aliphatic heterocycles. The number of hydrogen-bond acceptors (Lipinski definition) is 3. The third-order valence-electron chi connectivity index (χ3n) is 2.04. The van der Waals surface area contributed by atoms with E-state index in [1.807, 2.05) is 12.1 Å². The molecule has 0 radical (unpaired) electrons. The highest BCUT2D eigenvalue weighted by atomic mass is 16.1. The smallest absolute Gasteiger partial charge is 0.153 e. The van der Waals surface area contributed by atoms with Crippen LogP contribution in [0.3, 0.4) is 0 Å². The Labute approximate surface area is 71.0 Å². The second kappa shape index (κ2) is 2.93. The number of carbonyl (C=O) groups excluding carboxylic acids is 1. The normalized spacial score (nSPS) is 17.0. The summed E-state index contributed by atoms with van der Waals surface area (Å²) >= 11 is 0. The standard InChI is InChI=1S/C9H10N2O/c12-9-3-5-11(7-9)8-2-1-4-10-6-8/h1-2,4,6H,3,5,7H2. The van der Waals surface area contributed by atoms with E-state index in [0.29, 0.717) is 18.7 Å². The molecule has 0 saturated carbocycles. The predicted molar refractivity (Wildman–Crippen MR) is 46.1 cm³/mol. The van der Waals surface area contributed by atoms with Gasteiger partial charge in [0.15, 0.2) is 5.78 Å². The molecule has 1 aliphatic rings. The average Bonchev–Trinajstić information content (AvgIpc) is 2.54. The molecule has 3 nitrogen and oxygen atoms in total. The Morgan fingerprint density at radius 2 is 2.42 bits per heavy atom. The van der Waals surface area contributed by atoms with E-state index in [9.17, 15) is 4.79 Å². The number of aromatic nitrogens is 1. The van der Waals surface area contributed by atoms with Gasteiger partial charge in [-0.05, 0) is 12.1 Å².